The van der Waals surface area contributed by atoms with Crippen molar-refractivity contribution in [3.63, 3.8) is 0 Å². The molecule has 1 heterocycles. The minimum absolute atomic E-state index is 0.493. The Bertz CT molecular complexity index is 473. The van der Waals surface area contributed by atoms with Gasteiger partial charge in [0.2, 0.25) is 0 Å². The maximum absolute atomic E-state index is 8.35. The molecule has 4 heteroatoms. The third kappa shape index (κ3) is 1.31. The van der Waals surface area contributed by atoms with Crippen LogP contribution in [0.4, 0.5) is 0 Å². The van der Waals surface area contributed by atoms with Gasteiger partial charge in [0.05, 0.1) is 7.11 Å². The summed E-state index contributed by atoms with van der Waals surface area (Å²) in [7, 11) is 1.58. The Balaban J connectivity index is 2.64. The molecule has 1 aromatic carbocycles. The van der Waals surface area contributed by atoms with Crippen molar-refractivity contribution in [2.24, 2.45) is 5.16 Å². The van der Waals surface area contributed by atoms with Gasteiger partial charge in [0.25, 0.3) is 0 Å². The van der Waals surface area contributed by atoms with Gasteiger partial charge in [0, 0.05) is 5.39 Å². The van der Waals surface area contributed by atoms with E-state index in [1.807, 2.05) is 18.2 Å². The fraction of sp³-hybridized carbons (Fsp3) is 0.100. The van der Waals surface area contributed by atoms with Gasteiger partial charge in [-0.2, -0.15) is 0 Å². The maximum Gasteiger partial charge on any atom is 0.176 e. The smallest absolute Gasteiger partial charge is 0.176 e. The normalized spacial score (nSPS) is 11.2. The molecule has 0 atom stereocenters. The standard InChI is InChI=1S/C10H9NO3/c1-13-9-4-2-3-7-5-8(6-11-12)14-10(7)9/h2-6,12H,1H3/b11-6+. The second kappa shape index (κ2) is 3.41. The van der Waals surface area contributed by atoms with Gasteiger partial charge >= 0.3 is 0 Å². The first-order valence-electron chi connectivity index (χ1n) is 4.09. The van der Waals surface area contributed by atoms with Crippen LogP contribution in [0.25, 0.3) is 11.0 Å². The van der Waals surface area contributed by atoms with Crippen LogP contribution in [-0.2, 0) is 0 Å². The van der Waals surface area contributed by atoms with Gasteiger partial charge in [-0.25, -0.2) is 0 Å². The zero-order valence-corrected chi connectivity index (χ0v) is 7.60. The second-order valence-corrected chi connectivity index (χ2v) is 2.77. The third-order valence-corrected chi connectivity index (χ3v) is 1.93. The second-order valence-electron chi connectivity index (χ2n) is 2.77. The Morgan fingerprint density at radius 2 is 2.36 bits per heavy atom. The lowest BCUT2D eigenvalue weighted by atomic mass is 10.2. The van der Waals surface area contributed by atoms with Crippen molar-refractivity contribution in [2.45, 2.75) is 0 Å². The molecule has 0 spiro atoms. The van der Waals surface area contributed by atoms with E-state index in [9.17, 15) is 0 Å². The first kappa shape index (κ1) is 8.62. The van der Waals surface area contributed by atoms with Crippen molar-refractivity contribution < 1.29 is 14.4 Å². The fourth-order valence-corrected chi connectivity index (χ4v) is 1.34. The number of hydrogen-bond acceptors (Lipinski definition) is 4. The first-order valence-corrected chi connectivity index (χ1v) is 4.09. The van der Waals surface area contributed by atoms with Gasteiger partial charge in [-0.3, -0.25) is 0 Å². The SMILES string of the molecule is COc1cccc2cc(/C=N/O)oc12. The van der Waals surface area contributed by atoms with Gasteiger partial charge in [-0.15, -0.1) is 0 Å². The summed E-state index contributed by atoms with van der Waals surface area (Å²) in [5.41, 5.74) is 0.657. The predicted octanol–water partition coefficient (Wildman–Crippen LogP) is 2.25. The highest BCUT2D eigenvalue weighted by Crippen LogP contribution is 2.27. The molecule has 0 unspecified atom stereocenters. The molecule has 0 aliphatic heterocycles. The van der Waals surface area contributed by atoms with E-state index >= 15 is 0 Å². The van der Waals surface area contributed by atoms with Crippen molar-refractivity contribution in [3.8, 4) is 5.75 Å². The van der Waals surface area contributed by atoms with Crippen LogP contribution in [0.3, 0.4) is 0 Å². The average molecular weight is 191 g/mol. The van der Waals surface area contributed by atoms with E-state index in [1.54, 1.807) is 13.2 Å². The van der Waals surface area contributed by atoms with Crippen molar-refractivity contribution >= 4 is 17.2 Å². The average Bonchev–Trinajstić information content (AvgIpc) is 2.60. The Morgan fingerprint density at radius 3 is 3.07 bits per heavy atom. The molecule has 2 aromatic rings. The van der Waals surface area contributed by atoms with Crippen LogP contribution in [0.15, 0.2) is 33.8 Å². The number of para-hydroxylation sites is 1. The molecule has 0 saturated heterocycles. The first-order chi connectivity index (χ1) is 6.85. The topological polar surface area (TPSA) is 55.0 Å². The van der Waals surface area contributed by atoms with E-state index in [4.69, 9.17) is 14.4 Å². The zero-order valence-electron chi connectivity index (χ0n) is 7.60. The minimum Gasteiger partial charge on any atom is -0.493 e. The van der Waals surface area contributed by atoms with Gasteiger partial charge in [-0.05, 0) is 12.1 Å². The van der Waals surface area contributed by atoms with Crippen molar-refractivity contribution in [2.75, 3.05) is 7.11 Å². The number of benzene rings is 1. The van der Waals surface area contributed by atoms with Crippen molar-refractivity contribution in [1.82, 2.24) is 0 Å². The lowest BCUT2D eigenvalue weighted by molar-refractivity contribution is 0.321. The van der Waals surface area contributed by atoms with Crippen LogP contribution in [0, 0.1) is 0 Å². The van der Waals surface area contributed by atoms with E-state index < -0.39 is 0 Å². The molecule has 72 valence electrons. The summed E-state index contributed by atoms with van der Waals surface area (Å²) in [5, 5.41) is 12.2. The van der Waals surface area contributed by atoms with E-state index in [0.717, 1.165) is 5.39 Å². The Labute approximate surface area is 80.4 Å². The number of hydrogen-bond donors (Lipinski definition) is 1. The van der Waals surface area contributed by atoms with E-state index in [-0.39, 0.29) is 0 Å². The lowest BCUT2D eigenvalue weighted by Gasteiger charge is -1.97. The number of rotatable bonds is 2. The highest BCUT2D eigenvalue weighted by molar-refractivity contribution is 5.89. The number of oxime groups is 1. The molecule has 4 nitrogen and oxygen atoms in total. The van der Waals surface area contributed by atoms with Gasteiger partial charge in [0.15, 0.2) is 11.3 Å². The minimum atomic E-state index is 0.493. The number of ether oxygens (including phenoxy) is 1. The van der Waals surface area contributed by atoms with E-state index in [0.29, 0.717) is 17.1 Å². The summed E-state index contributed by atoms with van der Waals surface area (Å²) >= 11 is 0. The molecule has 0 fully saturated rings. The van der Waals surface area contributed by atoms with Crippen LogP contribution in [0.5, 0.6) is 5.75 Å². The molecule has 0 saturated carbocycles. The van der Waals surface area contributed by atoms with Gasteiger partial charge in [0.1, 0.15) is 12.0 Å². The lowest BCUT2D eigenvalue weighted by Crippen LogP contribution is -1.81. The number of furan rings is 1. The van der Waals surface area contributed by atoms with Crippen molar-refractivity contribution in [1.29, 1.82) is 0 Å². The van der Waals surface area contributed by atoms with Crippen LogP contribution in [0.2, 0.25) is 0 Å². The summed E-state index contributed by atoms with van der Waals surface area (Å²) in [6.45, 7) is 0. The summed E-state index contributed by atoms with van der Waals surface area (Å²) in [6, 6.07) is 7.36. The number of methoxy groups -OCH3 is 1. The monoisotopic (exact) mass is 191 g/mol. The fourth-order valence-electron chi connectivity index (χ4n) is 1.34. The van der Waals surface area contributed by atoms with Crippen LogP contribution >= 0.6 is 0 Å². The molecule has 0 aliphatic carbocycles. The molecule has 1 aromatic heterocycles. The predicted molar refractivity (Wildman–Crippen MR) is 52.1 cm³/mol. The van der Waals surface area contributed by atoms with Crippen LogP contribution in [0.1, 0.15) is 5.76 Å². The highest BCUT2D eigenvalue weighted by atomic mass is 16.5. The Hall–Kier alpha value is -1.97. The van der Waals surface area contributed by atoms with Crippen molar-refractivity contribution in [3.05, 3.63) is 30.0 Å². The molecule has 1 N–H and O–H groups in total. The zero-order chi connectivity index (χ0) is 9.97. The molecule has 14 heavy (non-hydrogen) atoms. The maximum atomic E-state index is 8.35. The summed E-state index contributed by atoms with van der Waals surface area (Å²) < 4.78 is 10.5. The summed E-state index contributed by atoms with van der Waals surface area (Å²) in [5.74, 6) is 1.16. The number of fused-ring (bicyclic) bond motifs is 1. The largest absolute Gasteiger partial charge is 0.493 e. The molecule has 0 aliphatic rings. The molecule has 0 radical (unpaired) electrons. The Morgan fingerprint density at radius 1 is 1.50 bits per heavy atom. The molecule has 0 bridgehead atoms. The molecule has 2 rings (SSSR count). The Kier molecular flexibility index (Phi) is 2.10. The summed E-state index contributed by atoms with van der Waals surface area (Å²) in [6.07, 6.45) is 1.24. The van der Waals surface area contributed by atoms with Crippen LogP contribution < -0.4 is 4.74 Å². The van der Waals surface area contributed by atoms with Gasteiger partial charge < -0.3 is 14.4 Å². The third-order valence-electron chi connectivity index (χ3n) is 1.93. The van der Waals surface area contributed by atoms with E-state index in [1.165, 1.54) is 6.21 Å². The van der Waals surface area contributed by atoms with E-state index in [2.05, 4.69) is 5.16 Å². The quantitative estimate of drug-likeness (QED) is 0.450. The number of nitrogens with zero attached hydrogens (tertiary/aromatic N) is 1. The van der Waals surface area contributed by atoms with Gasteiger partial charge in [-0.1, -0.05) is 17.3 Å². The molecule has 0 amide bonds. The molecular weight excluding hydrogens is 182 g/mol. The summed E-state index contributed by atoms with van der Waals surface area (Å²) in [4.78, 5) is 0. The van der Waals surface area contributed by atoms with Crippen LogP contribution in [-0.4, -0.2) is 18.5 Å². The molecular formula is C10H9NO3. The highest BCUT2D eigenvalue weighted by Gasteiger charge is 2.06.